The summed E-state index contributed by atoms with van der Waals surface area (Å²) in [5, 5.41) is 11.5. The number of aliphatic carboxylic acids is 1. The molecule has 1 amide bonds. The van der Waals surface area contributed by atoms with E-state index in [0.717, 1.165) is 12.1 Å². The standard InChI is InChI=1S/C15H16F3NO4/c1-15(2)11(12(15)14(21)22)13(20)19-8-4-3-7(16)5-9(8)23-6-10(17)18/h3-5,10-12H,6H2,1-2H3,(H,19,20)(H,21,22)/t11-,12+/m1/s1. The van der Waals surface area contributed by atoms with Crippen molar-refractivity contribution in [3.8, 4) is 5.75 Å². The first kappa shape index (κ1) is 17.1. The van der Waals surface area contributed by atoms with Crippen molar-refractivity contribution in [1.29, 1.82) is 0 Å². The van der Waals surface area contributed by atoms with E-state index in [1.165, 1.54) is 6.07 Å². The van der Waals surface area contributed by atoms with Crippen LogP contribution in [0.3, 0.4) is 0 Å². The Morgan fingerprint density at radius 2 is 2.00 bits per heavy atom. The molecule has 126 valence electrons. The SMILES string of the molecule is CC1(C)[C@H](C(=O)O)[C@@H]1C(=O)Nc1ccc(F)cc1OCC(F)F. The van der Waals surface area contributed by atoms with Gasteiger partial charge in [-0.05, 0) is 17.5 Å². The van der Waals surface area contributed by atoms with Gasteiger partial charge < -0.3 is 15.2 Å². The molecule has 0 spiro atoms. The first-order valence-electron chi connectivity index (χ1n) is 6.88. The van der Waals surface area contributed by atoms with Crippen molar-refractivity contribution in [3.63, 3.8) is 0 Å². The fourth-order valence-electron chi connectivity index (χ4n) is 2.67. The molecule has 1 aromatic carbocycles. The number of rotatable bonds is 6. The number of carboxylic acids is 1. The molecule has 0 unspecified atom stereocenters. The van der Waals surface area contributed by atoms with Gasteiger partial charge in [0.1, 0.15) is 18.2 Å². The van der Waals surface area contributed by atoms with Crippen molar-refractivity contribution in [1.82, 2.24) is 0 Å². The van der Waals surface area contributed by atoms with Crippen LogP contribution < -0.4 is 10.1 Å². The summed E-state index contributed by atoms with van der Waals surface area (Å²) in [5.74, 6) is -4.17. The Kier molecular flexibility index (Phi) is 4.53. The summed E-state index contributed by atoms with van der Waals surface area (Å²) in [6.45, 7) is 2.35. The molecule has 1 aliphatic rings. The van der Waals surface area contributed by atoms with Gasteiger partial charge in [-0.3, -0.25) is 9.59 Å². The molecule has 1 aromatic rings. The first-order valence-corrected chi connectivity index (χ1v) is 6.88. The smallest absolute Gasteiger partial charge is 0.307 e. The zero-order chi connectivity index (χ0) is 17.4. The molecule has 1 saturated carbocycles. The summed E-state index contributed by atoms with van der Waals surface area (Å²) in [7, 11) is 0. The summed E-state index contributed by atoms with van der Waals surface area (Å²) in [5.41, 5.74) is -0.691. The Balaban J connectivity index is 2.14. The molecule has 0 saturated heterocycles. The lowest BCUT2D eigenvalue weighted by atomic mass is 10.1. The van der Waals surface area contributed by atoms with Gasteiger partial charge in [0.2, 0.25) is 5.91 Å². The number of carbonyl (C=O) groups is 2. The summed E-state index contributed by atoms with van der Waals surface area (Å²) in [4.78, 5) is 23.3. The van der Waals surface area contributed by atoms with E-state index >= 15 is 0 Å². The van der Waals surface area contributed by atoms with E-state index in [1.807, 2.05) is 0 Å². The topological polar surface area (TPSA) is 75.6 Å². The Morgan fingerprint density at radius 3 is 2.52 bits per heavy atom. The van der Waals surface area contributed by atoms with E-state index in [0.29, 0.717) is 0 Å². The fraction of sp³-hybridized carbons (Fsp3) is 0.467. The molecule has 0 heterocycles. The maximum absolute atomic E-state index is 13.2. The lowest BCUT2D eigenvalue weighted by molar-refractivity contribution is -0.140. The molecule has 0 aliphatic heterocycles. The number of anilines is 1. The second kappa shape index (κ2) is 6.10. The molecule has 1 fully saturated rings. The maximum atomic E-state index is 13.2. The third kappa shape index (κ3) is 3.57. The number of alkyl halides is 2. The average Bonchev–Trinajstić information content (AvgIpc) is 3.02. The third-order valence-corrected chi connectivity index (χ3v) is 3.94. The van der Waals surface area contributed by atoms with Gasteiger partial charge in [0.25, 0.3) is 6.43 Å². The molecule has 8 heteroatoms. The number of nitrogens with one attached hydrogen (secondary N) is 1. The molecular weight excluding hydrogens is 315 g/mol. The van der Waals surface area contributed by atoms with Gasteiger partial charge in [0, 0.05) is 6.07 Å². The normalized spacial score (nSPS) is 21.8. The van der Waals surface area contributed by atoms with E-state index in [-0.39, 0.29) is 11.4 Å². The van der Waals surface area contributed by atoms with Crippen LogP contribution in [0.4, 0.5) is 18.9 Å². The summed E-state index contributed by atoms with van der Waals surface area (Å²) >= 11 is 0. The molecule has 2 N–H and O–H groups in total. The Labute approximate surface area is 130 Å². The lowest BCUT2D eigenvalue weighted by Gasteiger charge is -2.13. The minimum Gasteiger partial charge on any atom is -0.485 e. The van der Waals surface area contributed by atoms with Crippen molar-refractivity contribution in [2.45, 2.75) is 20.3 Å². The van der Waals surface area contributed by atoms with Gasteiger partial charge in [-0.15, -0.1) is 0 Å². The highest BCUT2D eigenvalue weighted by Crippen LogP contribution is 2.58. The van der Waals surface area contributed by atoms with Crippen LogP contribution in [0.5, 0.6) is 5.75 Å². The van der Waals surface area contributed by atoms with E-state index < -0.39 is 48.0 Å². The highest BCUT2D eigenvalue weighted by atomic mass is 19.3. The minimum absolute atomic E-state index is 0.0175. The van der Waals surface area contributed by atoms with Crippen LogP contribution in [0, 0.1) is 23.1 Å². The zero-order valence-corrected chi connectivity index (χ0v) is 12.5. The average molecular weight is 331 g/mol. The molecule has 0 bridgehead atoms. The molecule has 1 aliphatic carbocycles. The van der Waals surface area contributed by atoms with Gasteiger partial charge >= 0.3 is 5.97 Å². The van der Waals surface area contributed by atoms with E-state index in [9.17, 15) is 22.8 Å². The van der Waals surface area contributed by atoms with Gasteiger partial charge in [-0.1, -0.05) is 13.8 Å². The van der Waals surface area contributed by atoms with Gasteiger partial charge in [-0.25, -0.2) is 13.2 Å². The van der Waals surface area contributed by atoms with Crippen molar-refractivity contribution in [2.24, 2.45) is 17.3 Å². The van der Waals surface area contributed by atoms with Crippen molar-refractivity contribution < 1.29 is 32.6 Å². The maximum Gasteiger partial charge on any atom is 0.307 e. The number of hydrogen-bond acceptors (Lipinski definition) is 3. The van der Waals surface area contributed by atoms with Crippen LogP contribution in [0.2, 0.25) is 0 Å². The van der Waals surface area contributed by atoms with E-state index in [4.69, 9.17) is 9.84 Å². The summed E-state index contributed by atoms with van der Waals surface area (Å²) in [6.07, 6.45) is -2.75. The number of carbonyl (C=O) groups excluding carboxylic acids is 1. The number of amides is 1. The largest absolute Gasteiger partial charge is 0.485 e. The number of hydrogen-bond donors (Lipinski definition) is 2. The number of carboxylic acid groups (broad SMARTS) is 1. The Hall–Kier alpha value is -2.25. The van der Waals surface area contributed by atoms with Crippen LogP contribution in [0.15, 0.2) is 18.2 Å². The van der Waals surface area contributed by atoms with Crippen LogP contribution in [-0.2, 0) is 9.59 Å². The van der Waals surface area contributed by atoms with Gasteiger partial charge in [-0.2, -0.15) is 0 Å². The van der Waals surface area contributed by atoms with E-state index in [1.54, 1.807) is 13.8 Å². The predicted molar refractivity (Wildman–Crippen MR) is 74.9 cm³/mol. The second-order valence-corrected chi connectivity index (χ2v) is 5.95. The van der Waals surface area contributed by atoms with Gasteiger partial charge in [0.15, 0.2) is 0 Å². The molecule has 2 atom stereocenters. The predicted octanol–water partition coefficient (Wildman–Crippen LogP) is 2.76. The Bertz CT molecular complexity index is 633. The van der Waals surface area contributed by atoms with Gasteiger partial charge in [0.05, 0.1) is 17.5 Å². The third-order valence-electron chi connectivity index (χ3n) is 3.94. The first-order chi connectivity index (χ1) is 10.6. The quantitative estimate of drug-likeness (QED) is 0.840. The van der Waals surface area contributed by atoms with Crippen LogP contribution in [0.25, 0.3) is 0 Å². The second-order valence-electron chi connectivity index (χ2n) is 5.95. The number of benzene rings is 1. The molecule has 5 nitrogen and oxygen atoms in total. The number of ether oxygens (including phenoxy) is 1. The molecular formula is C15H16F3NO4. The highest BCUT2D eigenvalue weighted by molar-refractivity contribution is 6.00. The monoisotopic (exact) mass is 331 g/mol. The molecule has 23 heavy (non-hydrogen) atoms. The lowest BCUT2D eigenvalue weighted by Crippen LogP contribution is -2.19. The van der Waals surface area contributed by atoms with Crippen LogP contribution >= 0.6 is 0 Å². The summed E-state index contributed by atoms with van der Waals surface area (Å²) in [6, 6.07) is 3.10. The zero-order valence-electron chi connectivity index (χ0n) is 12.5. The minimum atomic E-state index is -2.75. The Morgan fingerprint density at radius 1 is 1.35 bits per heavy atom. The number of halogens is 3. The highest BCUT2D eigenvalue weighted by Gasteiger charge is 2.65. The summed E-state index contributed by atoms with van der Waals surface area (Å²) < 4.78 is 42.4. The molecule has 0 aromatic heterocycles. The molecule has 2 rings (SSSR count). The van der Waals surface area contributed by atoms with Crippen LogP contribution in [0.1, 0.15) is 13.8 Å². The van der Waals surface area contributed by atoms with Crippen molar-refractivity contribution >= 4 is 17.6 Å². The van der Waals surface area contributed by atoms with Crippen molar-refractivity contribution in [3.05, 3.63) is 24.0 Å². The van der Waals surface area contributed by atoms with Crippen molar-refractivity contribution in [2.75, 3.05) is 11.9 Å². The van der Waals surface area contributed by atoms with Crippen LogP contribution in [-0.4, -0.2) is 30.0 Å². The van der Waals surface area contributed by atoms with E-state index in [2.05, 4.69) is 5.32 Å². The fourth-order valence-corrected chi connectivity index (χ4v) is 2.67. The molecule has 0 radical (unpaired) electrons.